The van der Waals surface area contributed by atoms with Crippen molar-refractivity contribution in [3.63, 3.8) is 0 Å². The first kappa shape index (κ1) is 28.0. The number of carboxylic acid groups (broad SMARTS) is 2. The van der Waals surface area contributed by atoms with E-state index in [9.17, 15) is 0 Å². The minimum absolute atomic E-state index is 0.851. The molecule has 0 aliphatic heterocycles. The molecule has 0 radical (unpaired) electrons. The second-order valence-electron chi connectivity index (χ2n) is 8.57. The van der Waals surface area contributed by atoms with Gasteiger partial charge in [-0.3, -0.25) is 0 Å². The van der Waals surface area contributed by atoms with Gasteiger partial charge in [0.25, 0.3) is 0 Å². The lowest BCUT2D eigenvalue weighted by Crippen LogP contribution is -2.40. The molecule has 0 aromatic heterocycles. The van der Waals surface area contributed by atoms with Crippen LogP contribution >= 0.6 is 0 Å². The average molecular weight is 349 g/mol. The molecule has 0 unspecified atom stereocenters. The summed E-state index contributed by atoms with van der Waals surface area (Å²) in [6.45, 7) is 18.8. The van der Waals surface area contributed by atoms with Gasteiger partial charge >= 0.3 is 0 Å². The lowest BCUT2D eigenvalue weighted by atomic mass is 10.1. The molecule has 0 fully saturated rings. The fourth-order valence-corrected chi connectivity index (χ4v) is 1.53. The van der Waals surface area contributed by atoms with Crippen LogP contribution in [0.1, 0.15) is 54.4 Å². The predicted octanol–water partition coefficient (Wildman–Crippen LogP) is 1.81. The minimum atomic E-state index is -2.33. The van der Waals surface area contributed by atoms with Crippen LogP contribution in [-0.2, 0) is 0 Å². The quantitative estimate of drug-likeness (QED) is 0.629. The number of rotatable bonds is 8. The Kier molecular flexibility index (Phi) is 17.0. The first-order valence-electron chi connectivity index (χ1n) is 9.21. The summed E-state index contributed by atoms with van der Waals surface area (Å²) in [6.07, 6.45) is 0.363. The molecule has 0 spiro atoms. The van der Waals surface area contributed by atoms with Crippen LogP contribution in [0.25, 0.3) is 0 Å². The van der Waals surface area contributed by atoms with Gasteiger partial charge in [-0.1, -0.05) is 27.7 Å². The van der Waals surface area contributed by atoms with Crippen LogP contribution in [0.4, 0.5) is 4.79 Å². The van der Waals surface area contributed by atoms with Crippen LogP contribution in [0.2, 0.25) is 0 Å². The third-order valence-electron chi connectivity index (χ3n) is 4.34. The smallest absolute Gasteiger partial charge is 0.0784 e. The zero-order valence-corrected chi connectivity index (χ0v) is 18.0. The van der Waals surface area contributed by atoms with Crippen LogP contribution in [0.5, 0.6) is 0 Å². The van der Waals surface area contributed by atoms with Gasteiger partial charge in [0.15, 0.2) is 0 Å². The standard InChI is InChI=1S/2C9H22N.CH2O3/c2*1-6-10(4,5)8-7-9(2)3;2-1(3)4/h2*9H,6-8H2,1-5H3;(H2,2,3,4)/q2*+1;/p-2. The summed E-state index contributed by atoms with van der Waals surface area (Å²) < 4.78 is 2.33. The average Bonchev–Trinajstić information content (AvgIpc) is 2.43. The van der Waals surface area contributed by atoms with Gasteiger partial charge in [-0.2, -0.15) is 0 Å². The molecule has 0 amide bonds. The first-order chi connectivity index (χ1) is 10.7. The maximum atomic E-state index is 8.33. The van der Waals surface area contributed by atoms with Crippen LogP contribution in [-0.4, -0.2) is 69.5 Å². The SMILES string of the molecule is CC[N+](C)(C)CCC(C)C.CC[N+](C)(C)CCC(C)C.O=C([O-])[O-]. The topological polar surface area (TPSA) is 63.2 Å². The number of hydrogen-bond donors (Lipinski definition) is 0. The third kappa shape index (κ3) is 29.2. The summed E-state index contributed by atoms with van der Waals surface area (Å²) in [7, 11) is 9.18. The predicted molar refractivity (Wildman–Crippen MR) is 99.3 cm³/mol. The Morgan fingerprint density at radius 2 is 0.958 bits per heavy atom. The van der Waals surface area contributed by atoms with Gasteiger partial charge in [0, 0.05) is 0 Å². The minimum Gasteiger partial charge on any atom is -0.652 e. The molecule has 0 N–H and O–H groups in total. The summed E-state index contributed by atoms with van der Waals surface area (Å²) >= 11 is 0. The molecular weight excluding hydrogens is 304 g/mol. The van der Waals surface area contributed by atoms with Gasteiger partial charge in [0.05, 0.1) is 54.4 Å². The Labute approximate surface area is 151 Å². The highest BCUT2D eigenvalue weighted by Crippen LogP contribution is 2.05. The summed E-state index contributed by atoms with van der Waals surface area (Å²) in [4.78, 5) is 8.33. The summed E-state index contributed by atoms with van der Waals surface area (Å²) in [5.41, 5.74) is 0. The van der Waals surface area contributed by atoms with E-state index in [1.54, 1.807) is 0 Å². The van der Waals surface area contributed by atoms with E-state index in [0.29, 0.717) is 0 Å². The molecule has 24 heavy (non-hydrogen) atoms. The van der Waals surface area contributed by atoms with E-state index in [0.717, 1.165) is 20.8 Å². The van der Waals surface area contributed by atoms with Gasteiger partial charge in [-0.25, -0.2) is 0 Å². The van der Waals surface area contributed by atoms with Gasteiger partial charge in [-0.15, -0.1) is 0 Å². The molecule has 5 nitrogen and oxygen atoms in total. The fourth-order valence-electron chi connectivity index (χ4n) is 1.53. The van der Waals surface area contributed by atoms with Crippen molar-refractivity contribution in [3.05, 3.63) is 0 Å². The van der Waals surface area contributed by atoms with Crippen molar-refractivity contribution in [1.29, 1.82) is 0 Å². The highest BCUT2D eigenvalue weighted by molar-refractivity contribution is 5.47. The largest absolute Gasteiger partial charge is 0.652 e. The van der Waals surface area contributed by atoms with Crippen LogP contribution < -0.4 is 10.2 Å². The molecule has 0 heterocycles. The molecule has 0 aliphatic carbocycles. The Hall–Kier alpha value is -0.810. The molecule has 0 aromatic rings. The fraction of sp³-hybridized carbons (Fsp3) is 0.947. The molecule has 0 bridgehead atoms. The molecule has 5 heteroatoms. The maximum Gasteiger partial charge on any atom is 0.0784 e. The van der Waals surface area contributed by atoms with E-state index in [2.05, 4.69) is 69.7 Å². The van der Waals surface area contributed by atoms with Crippen LogP contribution in [0.15, 0.2) is 0 Å². The highest BCUT2D eigenvalue weighted by Gasteiger charge is 2.12. The molecule has 0 saturated carbocycles. The van der Waals surface area contributed by atoms with Gasteiger partial charge in [0.2, 0.25) is 0 Å². The third-order valence-corrected chi connectivity index (χ3v) is 4.34. The Bertz CT molecular complexity index is 273. The summed E-state index contributed by atoms with van der Waals surface area (Å²) in [5, 5.41) is 16.7. The zero-order chi connectivity index (χ0) is 20.0. The molecule has 0 saturated heterocycles. The Morgan fingerprint density at radius 1 is 0.750 bits per heavy atom. The summed E-state index contributed by atoms with van der Waals surface area (Å²) in [5.74, 6) is 1.70. The maximum absolute atomic E-state index is 8.33. The van der Waals surface area contributed by atoms with Crippen molar-refractivity contribution in [1.82, 2.24) is 0 Å². The highest BCUT2D eigenvalue weighted by atomic mass is 16.6. The number of carbonyl (C=O) groups is 1. The molecule has 0 aliphatic rings. The molecule has 0 atom stereocenters. The van der Waals surface area contributed by atoms with E-state index in [4.69, 9.17) is 15.0 Å². The van der Waals surface area contributed by atoms with Crippen molar-refractivity contribution < 1.29 is 24.0 Å². The molecule has 0 rings (SSSR count). The Balaban J connectivity index is -0.000000301. The van der Waals surface area contributed by atoms with E-state index in [1.807, 2.05) is 0 Å². The summed E-state index contributed by atoms with van der Waals surface area (Å²) in [6, 6.07) is 0. The van der Waals surface area contributed by atoms with Gasteiger partial charge in [-0.05, 0) is 44.7 Å². The zero-order valence-electron chi connectivity index (χ0n) is 18.0. The number of quaternary nitrogens is 2. The van der Waals surface area contributed by atoms with Crippen LogP contribution in [0, 0.1) is 11.8 Å². The van der Waals surface area contributed by atoms with Crippen LogP contribution in [0.3, 0.4) is 0 Å². The van der Waals surface area contributed by atoms with Crippen molar-refractivity contribution in [3.8, 4) is 0 Å². The second kappa shape index (κ2) is 14.5. The molecule has 148 valence electrons. The molecule has 0 aromatic carbocycles. The monoisotopic (exact) mass is 348 g/mol. The van der Waals surface area contributed by atoms with Crippen molar-refractivity contribution in [2.75, 3.05) is 54.4 Å². The normalized spacial score (nSPS) is 11.5. The van der Waals surface area contributed by atoms with E-state index >= 15 is 0 Å². The van der Waals surface area contributed by atoms with E-state index < -0.39 is 6.16 Å². The van der Waals surface area contributed by atoms with E-state index in [1.165, 1.54) is 39.0 Å². The molecular formula is C19H44N2O3. The number of hydrogen-bond acceptors (Lipinski definition) is 3. The second-order valence-corrected chi connectivity index (χ2v) is 8.57. The van der Waals surface area contributed by atoms with Gasteiger partial charge < -0.3 is 24.0 Å². The first-order valence-corrected chi connectivity index (χ1v) is 9.21. The van der Waals surface area contributed by atoms with E-state index in [-0.39, 0.29) is 0 Å². The lowest BCUT2D eigenvalue weighted by molar-refractivity contribution is -0.889. The number of nitrogens with zero attached hydrogens (tertiary/aromatic N) is 2. The van der Waals surface area contributed by atoms with Gasteiger partial charge in [0.1, 0.15) is 0 Å². The van der Waals surface area contributed by atoms with Crippen molar-refractivity contribution in [2.45, 2.75) is 54.4 Å². The van der Waals surface area contributed by atoms with Crippen molar-refractivity contribution >= 4 is 6.16 Å². The lowest BCUT2D eigenvalue weighted by Gasteiger charge is -2.28. The Morgan fingerprint density at radius 3 is 1.08 bits per heavy atom. The number of carbonyl (C=O) groups excluding carboxylic acids is 1. The van der Waals surface area contributed by atoms with Crippen molar-refractivity contribution in [2.24, 2.45) is 11.8 Å².